The van der Waals surface area contributed by atoms with E-state index in [-0.39, 0.29) is 0 Å². The van der Waals surface area contributed by atoms with Crippen molar-refractivity contribution in [2.75, 3.05) is 36.1 Å². The lowest BCUT2D eigenvalue weighted by atomic mass is 10.1. The zero-order valence-corrected chi connectivity index (χ0v) is 22.8. The number of thioether (sulfide) groups is 1. The maximum absolute atomic E-state index is 10.6. The number of morpholine rings is 1. The fourth-order valence-electron chi connectivity index (χ4n) is 4.56. The predicted molar refractivity (Wildman–Crippen MR) is 156 cm³/mol. The van der Waals surface area contributed by atoms with Gasteiger partial charge in [-0.15, -0.1) is 10.2 Å². The van der Waals surface area contributed by atoms with Crippen LogP contribution in [0.1, 0.15) is 11.4 Å². The molecule has 4 aromatic rings. The van der Waals surface area contributed by atoms with Crippen LogP contribution in [0.2, 0.25) is 0 Å². The van der Waals surface area contributed by atoms with E-state index in [2.05, 4.69) is 71.7 Å². The summed E-state index contributed by atoms with van der Waals surface area (Å²) in [5.41, 5.74) is 4.37. The molecule has 188 valence electrons. The first-order chi connectivity index (χ1) is 18.7. The maximum Gasteiger partial charge on any atom is 0.232 e. The van der Waals surface area contributed by atoms with Crippen molar-refractivity contribution in [2.45, 2.75) is 0 Å². The number of halogens is 1. The average Bonchev–Trinajstić information content (AvgIpc) is 3.61. The summed E-state index contributed by atoms with van der Waals surface area (Å²) in [6.07, 6.45) is 0. The highest BCUT2D eigenvalue weighted by Gasteiger charge is 2.31. The predicted octanol–water partition coefficient (Wildman–Crippen LogP) is 6.31. The second-order valence-electron chi connectivity index (χ2n) is 8.68. The minimum Gasteiger partial charge on any atom is -0.378 e. The summed E-state index contributed by atoms with van der Waals surface area (Å²) in [4.78, 5) is 4.29. The van der Waals surface area contributed by atoms with Crippen molar-refractivity contribution in [3.63, 3.8) is 0 Å². The van der Waals surface area contributed by atoms with Crippen LogP contribution in [0.25, 0.3) is 17.0 Å². The summed E-state index contributed by atoms with van der Waals surface area (Å²) in [5.74, 6) is 1.22. The summed E-state index contributed by atoms with van der Waals surface area (Å²) in [7, 11) is 0. The number of para-hydroxylation sites is 2. The normalized spacial score (nSPS) is 16.8. The number of nitriles is 1. The number of aromatic nitrogens is 3. The lowest BCUT2D eigenvalue weighted by Crippen LogP contribution is -2.38. The van der Waals surface area contributed by atoms with Crippen molar-refractivity contribution in [1.29, 1.82) is 5.26 Å². The molecular weight excluding hydrogens is 560 g/mol. The van der Waals surface area contributed by atoms with Crippen molar-refractivity contribution in [2.24, 2.45) is 0 Å². The Morgan fingerprint density at radius 3 is 2.18 bits per heavy atom. The number of nitrogens with zero attached hydrogens (tertiary/aromatic N) is 6. The highest BCUT2D eigenvalue weighted by Crippen LogP contribution is 2.46. The van der Waals surface area contributed by atoms with E-state index < -0.39 is 0 Å². The van der Waals surface area contributed by atoms with Crippen LogP contribution in [0, 0.1) is 11.3 Å². The molecule has 0 aliphatic carbocycles. The second kappa shape index (κ2) is 10.9. The molecule has 0 radical (unpaired) electrons. The largest absolute Gasteiger partial charge is 0.378 e. The van der Waals surface area contributed by atoms with Gasteiger partial charge in [-0.05, 0) is 42.0 Å². The van der Waals surface area contributed by atoms with Crippen LogP contribution >= 0.6 is 27.7 Å². The number of rotatable bonds is 5. The lowest BCUT2D eigenvalue weighted by molar-refractivity contribution is 0.122. The van der Waals surface area contributed by atoms with E-state index in [1.165, 1.54) is 11.8 Å². The van der Waals surface area contributed by atoms with Crippen LogP contribution < -0.4 is 9.80 Å². The fourth-order valence-corrected chi connectivity index (χ4v) is 5.86. The molecule has 9 heteroatoms. The van der Waals surface area contributed by atoms with Gasteiger partial charge >= 0.3 is 0 Å². The molecule has 2 aliphatic heterocycles. The van der Waals surface area contributed by atoms with Gasteiger partial charge in [0.2, 0.25) is 5.95 Å². The molecule has 0 saturated carbocycles. The number of allylic oxidation sites excluding steroid dienone is 1. The first kappa shape index (κ1) is 24.5. The van der Waals surface area contributed by atoms with E-state index in [1.54, 1.807) is 0 Å². The first-order valence-corrected chi connectivity index (χ1v) is 13.9. The summed E-state index contributed by atoms with van der Waals surface area (Å²) >= 11 is 5.06. The van der Waals surface area contributed by atoms with E-state index in [0.29, 0.717) is 43.6 Å². The quantitative estimate of drug-likeness (QED) is 0.255. The summed E-state index contributed by atoms with van der Waals surface area (Å²) in [5, 5.41) is 22.7. The zero-order chi connectivity index (χ0) is 25.9. The molecule has 0 amide bonds. The Morgan fingerprint density at radius 2 is 1.53 bits per heavy atom. The van der Waals surface area contributed by atoms with Gasteiger partial charge in [-0.1, -0.05) is 76.2 Å². The van der Waals surface area contributed by atoms with Gasteiger partial charge < -0.3 is 14.5 Å². The van der Waals surface area contributed by atoms with Gasteiger partial charge in [0.1, 0.15) is 16.7 Å². The van der Waals surface area contributed by atoms with E-state index in [1.807, 2.05) is 65.2 Å². The third kappa shape index (κ3) is 4.63. The van der Waals surface area contributed by atoms with Crippen LogP contribution in [0.5, 0.6) is 0 Å². The summed E-state index contributed by atoms with van der Waals surface area (Å²) < 4.78 is 8.56. The van der Waals surface area contributed by atoms with Crippen molar-refractivity contribution in [3.05, 3.63) is 111 Å². The average molecular weight is 584 g/mol. The highest BCUT2D eigenvalue weighted by molar-refractivity contribution is 9.10. The Morgan fingerprint density at radius 1 is 0.868 bits per heavy atom. The number of anilines is 2. The van der Waals surface area contributed by atoms with Gasteiger partial charge in [0.05, 0.1) is 24.6 Å². The molecule has 0 unspecified atom stereocenters. The molecule has 0 atom stereocenters. The standard InChI is InChI=1S/C29H23BrN6OS/c30-22-13-11-21(12-14-22)26-20-38-28(35(26)23-7-3-1-4-8-23)25(19-31)27-32-33-29(34-15-17-37-18-16-34)36(27)24-9-5-2-6-10-24/h1-14,20H,15-18H2/b28-25-. The van der Waals surface area contributed by atoms with Crippen molar-refractivity contribution in [1.82, 2.24) is 14.8 Å². The van der Waals surface area contributed by atoms with E-state index >= 15 is 0 Å². The van der Waals surface area contributed by atoms with Gasteiger partial charge in [-0.25, -0.2) is 0 Å². The summed E-state index contributed by atoms with van der Waals surface area (Å²) in [6, 6.07) is 30.7. The van der Waals surface area contributed by atoms with Gasteiger partial charge in [0.15, 0.2) is 5.82 Å². The lowest BCUT2D eigenvalue weighted by Gasteiger charge is -2.28. The smallest absolute Gasteiger partial charge is 0.232 e. The highest BCUT2D eigenvalue weighted by atomic mass is 79.9. The van der Waals surface area contributed by atoms with Gasteiger partial charge in [0.25, 0.3) is 0 Å². The minimum absolute atomic E-state index is 0.457. The molecule has 3 heterocycles. The Balaban J connectivity index is 1.53. The molecule has 1 aromatic heterocycles. The Bertz CT molecular complexity index is 1540. The van der Waals surface area contributed by atoms with Crippen LogP contribution in [0.3, 0.4) is 0 Å². The monoisotopic (exact) mass is 582 g/mol. The number of benzene rings is 3. The van der Waals surface area contributed by atoms with Crippen LogP contribution in [-0.2, 0) is 4.74 Å². The van der Waals surface area contributed by atoms with Crippen LogP contribution in [0.15, 0.2) is 99.8 Å². The molecule has 1 fully saturated rings. The Hall–Kier alpha value is -3.84. The third-order valence-electron chi connectivity index (χ3n) is 6.38. The van der Waals surface area contributed by atoms with Crippen molar-refractivity contribution >= 4 is 50.6 Å². The van der Waals surface area contributed by atoms with Crippen LogP contribution in [-0.4, -0.2) is 41.1 Å². The molecule has 0 N–H and O–H groups in total. The first-order valence-electron chi connectivity index (χ1n) is 12.2. The van der Waals surface area contributed by atoms with E-state index in [0.717, 1.165) is 32.1 Å². The van der Waals surface area contributed by atoms with E-state index in [9.17, 15) is 5.26 Å². The number of hydrogen-bond acceptors (Lipinski definition) is 7. The Kier molecular flexibility index (Phi) is 7.01. The molecule has 0 bridgehead atoms. The fraction of sp³-hybridized carbons (Fsp3) is 0.138. The molecule has 1 saturated heterocycles. The third-order valence-corrected chi connectivity index (χ3v) is 7.86. The van der Waals surface area contributed by atoms with Crippen LogP contribution in [0.4, 0.5) is 11.6 Å². The van der Waals surface area contributed by atoms with Gasteiger partial charge in [-0.3, -0.25) is 4.57 Å². The number of ether oxygens (including phenoxy) is 1. The second-order valence-corrected chi connectivity index (χ2v) is 10.5. The van der Waals surface area contributed by atoms with Crippen molar-refractivity contribution < 1.29 is 4.74 Å². The number of hydrogen-bond donors (Lipinski definition) is 0. The SMILES string of the molecule is N#C/C(=C1/SC=C(c2ccc(Br)cc2)N1c1ccccc1)c1nnc(N2CCOCC2)n1-c1ccccc1. The topological polar surface area (TPSA) is 70.2 Å². The Labute approximate surface area is 233 Å². The molecule has 3 aromatic carbocycles. The zero-order valence-electron chi connectivity index (χ0n) is 20.4. The maximum atomic E-state index is 10.6. The molecular formula is C29H23BrN6OS. The summed E-state index contributed by atoms with van der Waals surface area (Å²) in [6.45, 7) is 2.68. The van der Waals surface area contributed by atoms with E-state index in [4.69, 9.17) is 4.74 Å². The van der Waals surface area contributed by atoms with Gasteiger partial charge in [-0.2, -0.15) is 5.26 Å². The van der Waals surface area contributed by atoms with Crippen molar-refractivity contribution in [3.8, 4) is 11.8 Å². The minimum atomic E-state index is 0.457. The molecule has 38 heavy (non-hydrogen) atoms. The molecule has 7 nitrogen and oxygen atoms in total. The molecule has 6 rings (SSSR count). The van der Waals surface area contributed by atoms with Gasteiger partial charge in [0, 0.05) is 28.7 Å². The molecule has 0 spiro atoms. The molecule has 2 aliphatic rings.